The molecule has 1 unspecified atom stereocenters. The van der Waals surface area contributed by atoms with E-state index in [1.807, 2.05) is 6.26 Å². The Labute approximate surface area is 129 Å². The standard InChI is InChI=1S/C18H29GeO/c1-4-6-14-19(15-7-5-2)18(13-16-20-3)17-11-9-8-10-12-17/h8-13,16,18H,4-7,14-15H2,1-3H3/b16-13-. The number of rotatable bonds is 10. The second-order valence-corrected chi connectivity index (χ2v) is 11.5. The molecule has 0 spiro atoms. The number of unbranched alkanes of at least 4 members (excludes halogenated alkanes) is 2. The van der Waals surface area contributed by atoms with Crippen LogP contribution >= 0.6 is 0 Å². The summed E-state index contributed by atoms with van der Waals surface area (Å²) in [5.74, 6) is 0. The van der Waals surface area contributed by atoms with Gasteiger partial charge in [-0.05, 0) is 0 Å². The second-order valence-electron chi connectivity index (χ2n) is 5.32. The normalized spacial score (nSPS) is 13.0. The van der Waals surface area contributed by atoms with Gasteiger partial charge < -0.3 is 0 Å². The maximum atomic E-state index is 5.20. The Morgan fingerprint density at radius 1 is 1.05 bits per heavy atom. The fourth-order valence-corrected chi connectivity index (χ4v) is 9.89. The van der Waals surface area contributed by atoms with E-state index in [1.54, 1.807) is 7.11 Å². The van der Waals surface area contributed by atoms with E-state index >= 15 is 0 Å². The molecule has 0 aromatic heterocycles. The van der Waals surface area contributed by atoms with E-state index in [2.05, 4.69) is 50.3 Å². The molecule has 111 valence electrons. The average Bonchev–Trinajstić information content (AvgIpc) is 2.50. The summed E-state index contributed by atoms with van der Waals surface area (Å²) in [5.41, 5.74) is 1.49. The van der Waals surface area contributed by atoms with Crippen LogP contribution in [0.5, 0.6) is 0 Å². The molecule has 0 aliphatic heterocycles. The van der Waals surface area contributed by atoms with Gasteiger partial charge in [0.05, 0.1) is 0 Å². The Kier molecular flexibility index (Phi) is 9.56. The molecule has 0 aliphatic rings. The Bertz CT molecular complexity index is 353. The van der Waals surface area contributed by atoms with Crippen LogP contribution in [0.25, 0.3) is 0 Å². The first kappa shape index (κ1) is 17.4. The molecule has 1 nitrogen and oxygen atoms in total. The van der Waals surface area contributed by atoms with Crippen molar-refractivity contribution in [3.8, 4) is 0 Å². The number of hydrogen-bond acceptors (Lipinski definition) is 1. The van der Waals surface area contributed by atoms with Crippen LogP contribution in [0.1, 0.15) is 49.8 Å². The molecule has 0 amide bonds. The van der Waals surface area contributed by atoms with Crippen LogP contribution in [0.4, 0.5) is 0 Å². The third-order valence-electron chi connectivity index (χ3n) is 3.71. The van der Waals surface area contributed by atoms with Crippen molar-refractivity contribution in [2.75, 3.05) is 7.11 Å². The summed E-state index contributed by atoms with van der Waals surface area (Å²) in [5, 5.41) is 2.95. The van der Waals surface area contributed by atoms with Gasteiger partial charge >= 0.3 is 129 Å². The van der Waals surface area contributed by atoms with Crippen LogP contribution < -0.4 is 0 Å². The van der Waals surface area contributed by atoms with Crippen LogP contribution in [0.15, 0.2) is 42.7 Å². The third kappa shape index (κ3) is 6.17. The molecule has 0 fully saturated rings. The maximum absolute atomic E-state index is 5.20. The number of benzene rings is 1. The molecular weight excluding hydrogens is 305 g/mol. The van der Waals surface area contributed by atoms with Gasteiger partial charge in [-0.1, -0.05) is 0 Å². The zero-order valence-corrected chi connectivity index (χ0v) is 15.4. The van der Waals surface area contributed by atoms with Crippen molar-refractivity contribution >= 4 is 14.3 Å². The van der Waals surface area contributed by atoms with E-state index in [1.165, 1.54) is 41.8 Å². The summed E-state index contributed by atoms with van der Waals surface area (Å²) in [4.78, 5) is 0. The summed E-state index contributed by atoms with van der Waals surface area (Å²) in [6.45, 7) is 4.61. The van der Waals surface area contributed by atoms with E-state index in [9.17, 15) is 0 Å². The molecule has 0 bridgehead atoms. The van der Waals surface area contributed by atoms with Crippen molar-refractivity contribution < 1.29 is 4.74 Å². The summed E-state index contributed by atoms with van der Waals surface area (Å²) < 4.78 is 5.85. The fraction of sp³-hybridized carbons (Fsp3) is 0.556. The SMILES string of the molecule is CCC[CH2][Ge]([CH2]CCC)[CH](/C=C\OC)c1ccccc1. The first-order valence-corrected chi connectivity index (χ1v) is 12.1. The van der Waals surface area contributed by atoms with Crippen LogP contribution in [0.3, 0.4) is 0 Å². The number of methoxy groups -OCH3 is 1. The average molecular weight is 334 g/mol. The monoisotopic (exact) mass is 335 g/mol. The van der Waals surface area contributed by atoms with Crippen molar-refractivity contribution in [2.24, 2.45) is 0 Å². The molecule has 1 aromatic carbocycles. The molecule has 0 saturated heterocycles. The minimum absolute atomic E-state index is 0.647. The van der Waals surface area contributed by atoms with Crippen molar-refractivity contribution in [3.05, 3.63) is 48.2 Å². The Morgan fingerprint density at radius 2 is 1.65 bits per heavy atom. The van der Waals surface area contributed by atoms with Gasteiger partial charge in [0.15, 0.2) is 0 Å². The Morgan fingerprint density at radius 3 is 2.15 bits per heavy atom. The van der Waals surface area contributed by atoms with Crippen molar-refractivity contribution in [2.45, 2.75) is 54.8 Å². The second kappa shape index (κ2) is 11.0. The summed E-state index contributed by atoms with van der Waals surface area (Å²) in [7, 11) is 1.75. The van der Waals surface area contributed by atoms with Gasteiger partial charge in [0, 0.05) is 0 Å². The number of ether oxygens (including phenoxy) is 1. The van der Waals surface area contributed by atoms with Crippen LogP contribution in [0, 0.1) is 0 Å². The number of allylic oxidation sites excluding steroid dienone is 1. The van der Waals surface area contributed by atoms with Crippen LogP contribution in [0.2, 0.25) is 10.5 Å². The van der Waals surface area contributed by atoms with E-state index in [0.29, 0.717) is 4.75 Å². The zero-order valence-electron chi connectivity index (χ0n) is 13.3. The molecule has 0 aliphatic carbocycles. The molecule has 20 heavy (non-hydrogen) atoms. The van der Waals surface area contributed by atoms with Gasteiger partial charge in [0.25, 0.3) is 0 Å². The third-order valence-corrected chi connectivity index (χ3v) is 10.8. The van der Waals surface area contributed by atoms with Gasteiger partial charge in [-0.3, -0.25) is 0 Å². The molecular formula is C18H29GeO. The first-order valence-electron chi connectivity index (χ1n) is 7.92. The first-order chi connectivity index (χ1) is 9.83. The number of hydrogen-bond donors (Lipinski definition) is 0. The minimum atomic E-state index is -1.12. The molecule has 1 rings (SSSR count). The van der Waals surface area contributed by atoms with Gasteiger partial charge in [-0.15, -0.1) is 0 Å². The van der Waals surface area contributed by atoms with Gasteiger partial charge in [-0.25, -0.2) is 0 Å². The van der Waals surface area contributed by atoms with E-state index in [-0.39, 0.29) is 0 Å². The van der Waals surface area contributed by atoms with Crippen molar-refractivity contribution in [1.29, 1.82) is 0 Å². The quantitative estimate of drug-likeness (QED) is 0.402. The molecule has 0 saturated carbocycles. The van der Waals surface area contributed by atoms with Crippen molar-refractivity contribution in [3.63, 3.8) is 0 Å². The molecule has 1 radical (unpaired) electrons. The van der Waals surface area contributed by atoms with E-state index in [0.717, 1.165) is 0 Å². The Hall–Kier alpha value is -0.697. The van der Waals surface area contributed by atoms with Crippen molar-refractivity contribution in [1.82, 2.24) is 0 Å². The molecule has 1 aromatic rings. The van der Waals surface area contributed by atoms with Crippen LogP contribution in [-0.4, -0.2) is 21.5 Å². The summed E-state index contributed by atoms with van der Waals surface area (Å²) >= 11 is -1.12. The zero-order chi connectivity index (χ0) is 14.6. The van der Waals surface area contributed by atoms with Gasteiger partial charge in [0.1, 0.15) is 0 Å². The molecule has 0 heterocycles. The predicted molar refractivity (Wildman–Crippen MR) is 90.5 cm³/mol. The summed E-state index contributed by atoms with van der Waals surface area (Å²) in [6, 6.07) is 11.0. The molecule has 2 heteroatoms. The van der Waals surface area contributed by atoms with Gasteiger partial charge in [0.2, 0.25) is 0 Å². The predicted octanol–water partition coefficient (Wildman–Crippen LogP) is 5.56. The topological polar surface area (TPSA) is 9.23 Å². The van der Waals surface area contributed by atoms with Crippen LogP contribution in [-0.2, 0) is 4.74 Å². The Balaban J connectivity index is 2.88. The summed E-state index contributed by atoms with van der Waals surface area (Å²) in [6.07, 6.45) is 9.63. The molecule has 0 N–H and O–H groups in total. The van der Waals surface area contributed by atoms with E-state index in [4.69, 9.17) is 4.74 Å². The van der Waals surface area contributed by atoms with E-state index < -0.39 is 14.3 Å². The van der Waals surface area contributed by atoms with Gasteiger partial charge in [-0.2, -0.15) is 0 Å². The fourth-order valence-electron chi connectivity index (χ4n) is 2.54. The molecule has 1 atom stereocenters.